The molecule has 1 amide bonds. The molecular formula is C24H24N6O4. The fourth-order valence-corrected chi connectivity index (χ4v) is 3.82. The molecule has 10 nitrogen and oxygen atoms in total. The van der Waals surface area contributed by atoms with Crippen LogP contribution in [0.5, 0.6) is 5.75 Å². The van der Waals surface area contributed by atoms with Gasteiger partial charge in [0.05, 0.1) is 18.0 Å². The Morgan fingerprint density at radius 2 is 2.09 bits per heavy atom. The van der Waals surface area contributed by atoms with Crippen molar-refractivity contribution in [2.75, 3.05) is 18.5 Å². The van der Waals surface area contributed by atoms with Crippen LogP contribution >= 0.6 is 0 Å². The van der Waals surface area contributed by atoms with Crippen LogP contribution in [0.2, 0.25) is 0 Å². The van der Waals surface area contributed by atoms with E-state index in [9.17, 15) is 4.79 Å². The van der Waals surface area contributed by atoms with Gasteiger partial charge in [0, 0.05) is 11.8 Å². The summed E-state index contributed by atoms with van der Waals surface area (Å²) in [6.07, 6.45) is 2.77. The first-order chi connectivity index (χ1) is 16.4. The summed E-state index contributed by atoms with van der Waals surface area (Å²) in [7, 11) is 0. The Labute approximate surface area is 195 Å². The zero-order valence-electron chi connectivity index (χ0n) is 19.1. The minimum Gasteiger partial charge on any atom is -0.490 e. The van der Waals surface area contributed by atoms with Crippen LogP contribution in [0.4, 0.5) is 5.82 Å². The fraction of sp³-hybridized carbons (Fsp3) is 0.292. The Morgan fingerprint density at radius 1 is 1.24 bits per heavy atom. The molecule has 0 bridgehead atoms. The number of hydrogen-bond acceptors (Lipinski definition) is 8. The third-order valence-electron chi connectivity index (χ3n) is 5.35. The predicted octanol–water partition coefficient (Wildman–Crippen LogP) is 3.28. The number of fused-ring (bicyclic) bond motifs is 1. The van der Waals surface area contributed by atoms with Gasteiger partial charge in [-0.3, -0.25) is 4.79 Å². The zero-order valence-corrected chi connectivity index (χ0v) is 19.1. The van der Waals surface area contributed by atoms with Crippen LogP contribution in [-0.2, 0) is 9.47 Å². The number of carbonyl (C=O) groups is 1. The summed E-state index contributed by atoms with van der Waals surface area (Å²) in [6.45, 7) is 6.35. The van der Waals surface area contributed by atoms with Crippen LogP contribution < -0.4 is 10.1 Å². The lowest BCUT2D eigenvalue weighted by Crippen LogP contribution is -2.25. The Kier molecular flexibility index (Phi) is 5.68. The fourth-order valence-electron chi connectivity index (χ4n) is 3.82. The molecule has 1 N–H and O–H groups in total. The highest BCUT2D eigenvalue weighted by atomic mass is 16.7. The molecule has 1 aromatic carbocycles. The number of imidazole rings is 1. The molecule has 1 unspecified atom stereocenters. The van der Waals surface area contributed by atoms with Gasteiger partial charge in [-0.2, -0.15) is 5.10 Å². The zero-order chi connectivity index (χ0) is 23.7. The summed E-state index contributed by atoms with van der Waals surface area (Å²) >= 11 is 0. The van der Waals surface area contributed by atoms with Crippen molar-refractivity contribution in [3.05, 3.63) is 66.4 Å². The summed E-state index contributed by atoms with van der Waals surface area (Å²) in [6, 6.07) is 12.9. The first-order valence-corrected chi connectivity index (χ1v) is 10.9. The van der Waals surface area contributed by atoms with Gasteiger partial charge in [-0.15, -0.1) is 0 Å². The number of carbonyl (C=O) groups excluding carboxylic acids is 1. The first kappa shape index (κ1) is 21.9. The second-order valence-corrected chi connectivity index (χ2v) is 8.34. The molecule has 4 heterocycles. The number of nitrogens with one attached hydrogen (secondary N) is 1. The Hall–Kier alpha value is -3.89. The number of benzene rings is 1. The van der Waals surface area contributed by atoms with Crippen molar-refractivity contribution in [1.29, 1.82) is 0 Å². The van der Waals surface area contributed by atoms with Gasteiger partial charge in [0.1, 0.15) is 30.6 Å². The van der Waals surface area contributed by atoms with Crippen LogP contribution in [0, 0.1) is 6.92 Å². The lowest BCUT2D eigenvalue weighted by atomic mass is 10.1. The van der Waals surface area contributed by atoms with E-state index in [1.807, 2.05) is 50.2 Å². The van der Waals surface area contributed by atoms with Gasteiger partial charge in [0.25, 0.3) is 5.91 Å². The van der Waals surface area contributed by atoms with Crippen molar-refractivity contribution >= 4 is 17.4 Å². The standard InChI is InChI=1S/C24H24N6O4/c1-15-22(23(31)28-20-10-11-25-14-26-20)30-21(27-15)9-8-18(29-30)17-6-4-5-7-19(17)32-12-16-13-33-24(2,3)34-16/h4-11,14,16H,12-13H2,1-3H3,(H,25,26,28,31). The maximum atomic E-state index is 13.0. The van der Waals surface area contributed by atoms with Gasteiger partial charge in [-0.05, 0) is 51.1 Å². The van der Waals surface area contributed by atoms with Crippen LogP contribution in [-0.4, -0.2) is 55.6 Å². The Bertz CT molecular complexity index is 1340. The molecule has 34 heavy (non-hydrogen) atoms. The monoisotopic (exact) mass is 460 g/mol. The van der Waals surface area contributed by atoms with E-state index in [-0.39, 0.29) is 12.0 Å². The Balaban J connectivity index is 1.44. The molecular weight excluding hydrogens is 436 g/mol. The number of aromatic nitrogens is 5. The predicted molar refractivity (Wildman–Crippen MR) is 124 cm³/mol. The molecule has 1 saturated heterocycles. The minimum atomic E-state index is -0.609. The molecule has 4 aromatic rings. The summed E-state index contributed by atoms with van der Waals surface area (Å²) in [5.74, 6) is 0.0817. The molecule has 0 spiro atoms. The molecule has 0 saturated carbocycles. The van der Waals surface area contributed by atoms with Crippen molar-refractivity contribution in [3.8, 4) is 17.0 Å². The molecule has 1 aliphatic heterocycles. The van der Waals surface area contributed by atoms with Crippen LogP contribution in [0.25, 0.3) is 16.9 Å². The SMILES string of the molecule is Cc1nc2ccc(-c3ccccc3OCC3COC(C)(C)O3)nn2c1C(=O)Nc1ccncn1. The number of para-hydroxylation sites is 1. The van der Waals surface area contributed by atoms with Crippen molar-refractivity contribution in [2.24, 2.45) is 0 Å². The normalized spacial score (nSPS) is 17.1. The van der Waals surface area contributed by atoms with Crippen molar-refractivity contribution in [3.63, 3.8) is 0 Å². The number of ether oxygens (including phenoxy) is 3. The number of aryl methyl sites for hydroxylation is 1. The highest BCUT2D eigenvalue weighted by molar-refractivity contribution is 6.03. The lowest BCUT2D eigenvalue weighted by molar-refractivity contribution is -0.141. The molecule has 5 rings (SSSR count). The van der Waals surface area contributed by atoms with E-state index in [1.165, 1.54) is 10.8 Å². The van der Waals surface area contributed by atoms with Crippen molar-refractivity contribution in [2.45, 2.75) is 32.7 Å². The van der Waals surface area contributed by atoms with Gasteiger partial charge in [0.2, 0.25) is 0 Å². The molecule has 10 heteroatoms. The highest BCUT2D eigenvalue weighted by Crippen LogP contribution is 2.30. The number of hydrogen-bond donors (Lipinski definition) is 1. The van der Waals surface area contributed by atoms with Gasteiger partial charge >= 0.3 is 0 Å². The number of rotatable bonds is 6. The summed E-state index contributed by atoms with van der Waals surface area (Å²) in [5, 5.41) is 7.48. The Morgan fingerprint density at radius 3 is 2.85 bits per heavy atom. The molecule has 0 radical (unpaired) electrons. The largest absolute Gasteiger partial charge is 0.490 e. The third-order valence-corrected chi connectivity index (χ3v) is 5.35. The summed E-state index contributed by atoms with van der Waals surface area (Å²) in [4.78, 5) is 25.4. The third kappa shape index (κ3) is 4.45. The maximum absolute atomic E-state index is 13.0. The molecule has 1 fully saturated rings. The molecule has 1 atom stereocenters. The second kappa shape index (κ2) is 8.81. The summed E-state index contributed by atoms with van der Waals surface area (Å²) < 4.78 is 19.1. The van der Waals surface area contributed by atoms with Crippen LogP contribution in [0.3, 0.4) is 0 Å². The van der Waals surface area contributed by atoms with E-state index < -0.39 is 5.79 Å². The van der Waals surface area contributed by atoms with Crippen LogP contribution in [0.15, 0.2) is 55.0 Å². The number of anilines is 1. The van der Waals surface area contributed by atoms with E-state index in [4.69, 9.17) is 19.3 Å². The van der Waals surface area contributed by atoms with Crippen molar-refractivity contribution < 1.29 is 19.0 Å². The van der Waals surface area contributed by atoms with E-state index in [0.717, 1.165) is 5.56 Å². The van der Waals surface area contributed by atoms with Gasteiger partial charge in [-0.1, -0.05) is 12.1 Å². The minimum absolute atomic E-state index is 0.160. The smallest absolute Gasteiger partial charge is 0.277 e. The number of nitrogens with zero attached hydrogens (tertiary/aromatic N) is 5. The van der Waals surface area contributed by atoms with E-state index in [2.05, 4.69) is 20.3 Å². The van der Waals surface area contributed by atoms with Gasteiger partial charge < -0.3 is 19.5 Å². The average Bonchev–Trinajstić information content (AvgIpc) is 3.35. The second-order valence-electron chi connectivity index (χ2n) is 8.34. The average molecular weight is 460 g/mol. The van der Waals surface area contributed by atoms with E-state index in [1.54, 1.807) is 19.2 Å². The quantitative estimate of drug-likeness (QED) is 0.466. The van der Waals surface area contributed by atoms with E-state index >= 15 is 0 Å². The van der Waals surface area contributed by atoms with Crippen LogP contribution in [0.1, 0.15) is 30.0 Å². The topological polar surface area (TPSA) is 113 Å². The molecule has 0 aliphatic carbocycles. The first-order valence-electron chi connectivity index (χ1n) is 10.9. The molecule has 3 aromatic heterocycles. The van der Waals surface area contributed by atoms with Gasteiger partial charge in [0.15, 0.2) is 17.1 Å². The van der Waals surface area contributed by atoms with E-state index in [0.29, 0.717) is 47.5 Å². The highest BCUT2D eigenvalue weighted by Gasteiger charge is 2.33. The van der Waals surface area contributed by atoms with Gasteiger partial charge in [-0.25, -0.2) is 19.5 Å². The maximum Gasteiger partial charge on any atom is 0.277 e. The lowest BCUT2D eigenvalue weighted by Gasteiger charge is -2.18. The molecule has 1 aliphatic rings. The molecule has 174 valence electrons. The van der Waals surface area contributed by atoms with Crippen molar-refractivity contribution in [1.82, 2.24) is 24.6 Å². The number of amides is 1. The summed E-state index contributed by atoms with van der Waals surface area (Å²) in [5.41, 5.74) is 2.87.